The summed E-state index contributed by atoms with van der Waals surface area (Å²) in [5, 5.41) is 24.0. The van der Waals surface area contributed by atoms with Crippen molar-refractivity contribution in [3.63, 3.8) is 0 Å². The molecular weight excluding hydrogens is 590 g/mol. The van der Waals surface area contributed by atoms with Gasteiger partial charge < -0.3 is 20.3 Å². The summed E-state index contributed by atoms with van der Waals surface area (Å²) in [6.07, 6.45) is 8.12. The highest BCUT2D eigenvalue weighted by Crippen LogP contribution is 2.75. The largest absolute Gasteiger partial charge is 0.481 e. The van der Waals surface area contributed by atoms with E-state index in [2.05, 4.69) is 90.8 Å². The SMILES string of the molecule is Cc1nnnn1[C@@H]1C[C@@]23COCC(C)([C@H]1OC[C@](C)(N)C(C)C)[C@@H]2CC[C@H]1C3=CC[C@@]2(C)C(C(=O)O)[C@@](C)([C@H](C)C(C)C)CC[C@]12C. The van der Waals surface area contributed by atoms with E-state index in [4.69, 9.17) is 15.2 Å². The van der Waals surface area contributed by atoms with Crippen LogP contribution in [0.4, 0.5) is 0 Å². The van der Waals surface area contributed by atoms with Crippen molar-refractivity contribution in [2.24, 2.45) is 68.3 Å². The van der Waals surface area contributed by atoms with Crippen molar-refractivity contribution in [1.29, 1.82) is 0 Å². The number of nitrogens with zero attached hydrogens (tertiary/aromatic N) is 4. The molecule has 0 aromatic carbocycles. The van der Waals surface area contributed by atoms with Crippen LogP contribution in [0, 0.1) is 69.5 Å². The molecule has 3 saturated carbocycles. The third-order valence-corrected chi connectivity index (χ3v) is 16.0. The van der Waals surface area contributed by atoms with Crippen molar-refractivity contribution < 1.29 is 19.4 Å². The zero-order valence-electron chi connectivity index (χ0n) is 31.1. The zero-order valence-corrected chi connectivity index (χ0v) is 31.1. The third kappa shape index (κ3) is 4.78. The van der Waals surface area contributed by atoms with E-state index in [1.807, 2.05) is 11.6 Å². The van der Waals surface area contributed by atoms with Crippen LogP contribution in [0.3, 0.4) is 0 Å². The highest BCUT2D eigenvalue weighted by molar-refractivity contribution is 5.73. The van der Waals surface area contributed by atoms with Gasteiger partial charge in [0.1, 0.15) is 5.82 Å². The standard InChI is InChI=1S/C38H63N5O4/c1-22(2)24(5)33(7)16-17-35(9)26-12-13-29-34(8)19-46-21-38(29,27(26)14-15-36(35,10)30(33)32(44)45)18-28(43-25(6)40-41-42-43)31(34)47-20-37(11,39)23(3)4/h14,22-24,26,28-31H,12-13,15-21,39H2,1-11H3,(H,44,45)/t24-,26+,28-,29+,30?,31+,33-,34?,35-,36+,37+,38+/m1/s1. The van der Waals surface area contributed by atoms with Gasteiger partial charge in [0.2, 0.25) is 0 Å². The number of tetrazole rings is 1. The number of carboxylic acids is 1. The Morgan fingerprint density at radius 1 is 1.13 bits per heavy atom. The van der Waals surface area contributed by atoms with Crippen molar-refractivity contribution >= 4 is 5.97 Å². The molecule has 2 unspecified atom stereocenters. The Balaban J connectivity index is 1.45. The average molecular weight is 654 g/mol. The minimum atomic E-state index is -0.620. The van der Waals surface area contributed by atoms with Crippen LogP contribution >= 0.6 is 0 Å². The van der Waals surface area contributed by atoms with Crippen molar-refractivity contribution in [1.82, 2.24) is 20.2 Å². The first-order valence-electron chi connectivity index (χ1n) is 18.5. The summed E-state index contributed by atoms with van der Waals surface area (Å²) in [7, 11) is 0. The van der Waals surface area contributed by atoms with Crippen LogP contribution in [-0.4, -0.2) is 62.7 Å². The lowest BCUT2D eigenvalue weighted by Crippen LogP contribution is -2.69. The molecule has 12 atom stereocenters. The minimum absolute atomic E-state index is 0.0628. The quantitative estimate of drug-likeness (QED) is 0.291. The molecule has 264 valence electrons. The highest BCUT2D eigenvalue weighted by Gasteiger charge is 2.72. The first-order valence-corrected chi connectivity index (χ1v) is 18.5. The van der Waals surface area contributed by atoms with Gasteiger partial charge in [-0.2, -0.15) is 0 Å². The van der Waals surface area contributed by atoms with Crippen LogP contribution in [0.25, 0.3) is 0 Å². The molecule has 1 aromatic heterocycles. The summed E-state index contributed by atoms with van der Waals surface area (Å²) in [5.74, 6) is 1.47. The summed E-state index contributed by atoms with van der Waals surface area (Å²) in [6.45, 7) is 26.4. The molecular formula is C38H63N5O4. The summed E-state index contributed by atoms with van der Waals surface area (Å²) < 4.78 is 15.7. The monoisotopic (exact) mass is 653 g/mol. The van der Waals surface area contributed by atoms with Crippen LogP contribution in [-0.2, 0) is 14.3 Å². The number of aromatic nitrogens is 4. The number of allylic oxidation sites excluding steroid dienone is 1. The van der Waals surface area contributed by atoms with Crippen molar-refractivity contribution in [3.05, 3.63) is 17.5 Å². The minimum Gasteiger partial charge on any atom is -0.481 e. The molecule has 2 bridgehead atoms. The van der Waals surface area contributed by atoms with Crippen molar-refractivity contribution in [2.45, 2.75) is 132 Å². The van der Waals surface area contributed by atoms with E-state index in [0.717, 1.165) is 44.3 Å². The fraction of sp³-hybridized carbons (Fsp3) is 0.895. The predicted molar refractivity (Wildman–Crippen MR) is 182 cm³/mol. The van der Waals surface area contributed by atoms with Gasteiger partial charge in [-0.05, 0) is 109 Å². The predicted octanol–water partition coefficient (Wildman–Crippen LogP) is 6.87. The second-order valence-corrected chi connectivity index (χ2v) is 18.7. The average Bonchev–Trinajstić information content (AvgIpc) is 3.41. The van der Waals surface area contributed by atoms with Gasteiger partial charge in [-0.25, -0.2) is 4.68 Å². The summed E-state index contributed by atoms with van der Waals surface area (Å²) >= 11 is 0. The lowest BCUT2D eigenvalue weighted by molar-refractivity contribution is -0.253. The Labute approximate surface area is 283 Å². The van der Waals surface area contributed by atoms with E-state index in [1.54, 1.807) is 0 Å². The highest BCUT2D eigenvalue weighted by atomic mass is 16.5. The Morgan fingerprint density at radius 3 is 2.43 bits per heavy atom. The molecule has 9 heteroatoms. The van der Waals surface area contributed by atoms with Gasteiger partial charge in [0.15, 0.2) is 0 Å². The molecule has 5 aliphatic rings. The Hall–Kier alpha value is -1.84. The van der Waals surface area contributed by atoms with E-state index in [-0.39, 0.29) is 45.1 Å². The summed E-state index contributed by atoms with van der Waals surface area (Å²) in [4.78, 5) is 13.4. The molecule has 0 radical (unpaired) electrons. The molecule has 4 aliphatic carbocycles. The van der Waals surface area contributed by atoms with Crippen LogP contribution in [0.1, 0.15) is 120 Å². The van der Waals surface area contributed by atoms with E-state index >= 15 is 0 Å². The van der Waals surface area contributed by atoms with E-state index in [1.165, 1.54) is 5.57 Å². The molecule has 3 N–H and O–H groups in total. The van der Waals surface area contributed by atoms with Gasteiger partial charge in [-0.3, -0.25) is 4.79 Å². The first kappa shape index (κ1) is 35.0. The number of ether oxygens (including phenoxy) is 2. The Morgan fingerprint density at radius 2 is 1.83 bits per heavy atom. The van der Waals surface area contributed by atoms with Crippen molar-refractivity contribution in [2.75, 3.05) is 19.8 Å². The van der Waals surface area contributed by atoms with Gasteiger partial charge in [0.25, 0.3) is 0 Å². The molecule has 47 heavy (non-hydrogen) atoms. The number of aryl methyl sites for hydroxylation is 1. The number of rotatable bonds is 8. The number of fused-ring (bicyclic) bond motifs is 3. The fourth-order valence-corrected chi connectivity index (χ4v) is 12.1. The number of nitrogens with two attached hydrogens (primary N) is 1. The van der Waals surface area contributed by atoms with Gasteiger partial charge in [0, 0.05) is 16.4 Å². The van der Waals surface area contributed by atoms with E-state index in [0.29, 0.717) is 43.5 Å². The lowest BCUT2D eigenvalue weighted by Gasteiger charge is -2.71. The number of carboxylic acid groups (broad SMARTS) is 1. The molecule has 6 rings (SSSR count). The van der Waals surface area contributed by atoms with E-state index in [9.17, 15) is 9.90 Å². The molecule has 9 nitrogen and oxygen atoms in total. The van der Waals surface area contributed by atoms with Gasteiger partial charge in [0.05, 0.1) is 37.9 Å². The van der Waals surface area contributed by atoms with Gasteiger partial charge in [-0.15, -0.1) is 5.10 Å². The van der Waals surface area contributed by atoms with Gasteiger partial charge in [-0.1, -0.05) is 74.0 Å². The zero-order chi connectivity index (χ0) is 34.5. The second kappa shape index (κ2) is 11.3. The first-order chi connectivity index (χ1) is 21.8. The van der Waals surface area contributed by atoms with Crippen LogP contribution in [0.2, 0.25) is 0 Å². The maximum atomic E-state index is 13.4. The molecule has 0 spiro atoms. The Bertz CT molecular complexity index is 1410. The van der Waals surface area contributed by atoms with Crippen molar-refractivity contribution in [3.8, 4) is 0 Å². The lowest BCUT2D eigenvalue weighted by atomic mass is 9.34. The normalized spacial score (nSPS) is 45.0. The number of hydrogen-bond acceptors (Lipinski definition) is 7. The fourth-order valence-electron chi connectivity index (χ4n) is 12.1. The maximum absolute atomic E-state index is 13.4. The maximum Gasteiger partial charge on any atom is 0.307 e. The summed E-state index contributed by atoms with van der Waals surface area (Å²) in [6, 6.07) is -0.0628. The molecule has 4 fully saturated rings. The topological polar surface area (TPSA) is 125 Å². The number of carbonyl (C=O) groups is 1. The third-order valence-electron chi connectivity index (χ3n) is 16.0. The second-order valence-electron chi connectivity index (χ2n) is 18.7. The van der Waals surface area contributed by atoms with E-state index < -0.39 is 17.4 Å². The van der Waals surface area contributed by atoms with Crippen LogP contribution in [0.5, 0.6) is 0 Å². The molecule has 2 heterocycles. The number of hydrogen-bond donors (Lipinski definition) is 2. The van der Waals surface area contributed by atoms with Crippen LogP contribution in [0.15, 0.2) is 11.6 Å². The molecule has 1 saturated heterocycles. The Kier molecular flexibility index (Phi) is 8.45. The number of aliphatic carboxylic acids is 1. The molecule has 1 aromatic rings. The van der Waals surface area contributed by atoms with Crippen LogP contribution < -0.4 is 5.73 Å². The summed E-state index contributed by atoms with van der Waals surface area (Å²) in [5.41, 5.74) is 6.66. The molecule has 0 amide bonds. The molecule has 1 aliphatic heterocycles. The van der Waals surface area contributed by atoms with Gasteiger partial charge >= 0.3 is 5.97 Å². The smallest absolute Gasteiger partial charge is 0.307 e.